The first-order chi connectivity index (χ1) is 22.7. The van der Waals surface area contributed by atoms with Gasteiger partial charge in [0.1, 0.15) is 30.0 Å². The molecule has 4 aromatic rings. The number of nitrogens with one attached hydrogen (secondary N) is 1. The number of carboxylic acid groups (broad SMARTS) is 2. The van der Waals surface area contributed by atoms with Crippen molar-refractivity contribution in [1.82, 2.24) is 10.2 Å². The molecular weight excluding hydrogens is 596 g/mol. The molecule has 0 aromatic heterocycles. The molecule has 2 aliphatic heterocycles. The van der Waals surface area contributed by atoms with E-state index in [1.807, 2.05) is 98.8 Å². The van der Waals surface area contributed by atoms with Crippen LogP contribution in [0.25, 0.3) is 0 Å². The van der Waals surface area contributed by atoms with E-state index < -0.39 is 11.9 Å². The van der Waals surface area contributed by atoms with Crippen molar-refractivity contribution in [3.63, 3.8) is 0 Å². The lowest BCUT2D eigenvalue weighted by Gasteiger charge is -2.36. The van der Waals surface area contributed by atoms with Crippen LogP contribution in [-0.4, -0.2) is 59.5 Å². The lowest BCUT2D eigenvalue weighted by atomic mass is 10.00. The number of aldehydes is 1. The molecule has 47 heavy (non-hydrogen) atoms. The quantitative estimate of drug-likeness (QED) is 0.163. The highest BCUT2D eigenvalue weighted by molar-refractivity contribution is 5.74. The minimum Gasteiger partial charge on any atom is -0.486 e. The highest BCUT2D eigenvalue weighted by Gasteiger charge is 2.32. The molecule has 3 N–H and O–H groups in total. The average Bonchev–Trinajstić information content (AvgIpc) is 3.04. The molecule has 9 nitrogen and oxygen atoms in total. The van der Waals surface area contributed by atoms with Gasteiger partial charge in [0.15, 0.2) is 0 Å². The van der Waals surface area contributed by atoms with Gasteiger partial charge in [-0.1, -0.05) is 72.8 Å². The molecule has 2 saturated heterocycles. The molecule has 0 aliphatic carbocycles. The lowest BCUT2D eigenvalue weighted by Crippen LogP contribution is -2.49. The van der Waals surface area contributed by atoms with Crippen LogP contribution >= 0.6 is 0 Å². The van der Waals surface area contributed by atoms with Crippen LogP contribution in [0.4, 0.5) is 0 Å². The number of ether oxygens (including phenoxy) is 2. The normalized spacial score (nSPS) is 15.5. The third-order valence-corrected chi connectivity index (χ3v) is 7.95. The Kier molecular flexibility index (Phi) is 13.1. The number of benzene rings is 4. The molecule has 6 rings (SSSR count). The Morgan fingerprint density at radius 1 is 0.723 bits per heavy atom. The summed E-state index contributed by atoms with van der Waals surface area (Å²) in [5.74, 6) is -0.0768. The molecule has 0 amide bonds. The number of nitrogens with zero attached hydrogens (tertiary/aromatic N) is 1. The first-order valence-electron chi connectivity index (χ1n) is 15.7. The molecule has 0 bridgehead atoms. The summed E-state index contributed by atoms with van der Waals surface area (Å²) in [6.07, 6.45) is 0.830. The van der Waals surface area contributed by atoms with Crippen molar-refractivity contribution in [1.29, 1.82) is 0 Å². The van der Waals surface area contributed by atoms with Crippen molar-refractivity contribution in [2.75, 3.05) is 26.2 Å². The van der Waals surface area contributed by atoms with Crippen LogP contribution < -0.4 is 14.8 Å². The van der Waals surface area contributed by atoms with Crippen LogP contribution in [0.3, 0.4) is 0 Å². The Morgan fingerprint density at radius 2 is 1.17 bits per heavy atom. The fourth-order valence-electron chi connectivity index (χ4n) is 4.87. The van der Waals surface area contributed by atoms with E-state index in [0.29, 0.717) is 31.7 Å². The first-order valence-corrected chi connectivity index (χ1v) is 15.7. The van der Waals surface area contributed by atoms with Gasteiger partial charge >= 0.3 is 11.9 Å². The van der Waals surface area contributed by atoms with E-state index in [2.05, 4.69) is 22.3 Å². The van der Waals surface area contributed by atoms with E-state index in [1.165, 1.54) is 5.56 Å². The van der Waals surface area contributed by atoms with Gasteiger partial charge in [0.2, 0.25) is 0 Å². The van der Waals surface area contributed by atoms with E-state index in [-0.39, 0.29) is 24.0 Å². The van der Waals surface area contributed by atoms with Crippen LogP contribution in [0.2, 0.25) is 0 Å². The second kappa shape index (κ2) is 17.6. The molecule has 4 aromatic carbocycles. The van der Waals surface area contributed by atoms with Gasteiger partial charge in [0, 0.05) is 38.3 Å². The highest BCUT2D eigenvalue weighted by atomic mass is 16.5. The molecule has 9 heteroatoms. The molecule has 2 fully saturated rings. The van der Waals surface area contributed by atoms with E-state index in [0.717, 1.165) is 35.5 Å². The van der Waals surface area contributed by atoms with Crippen molar-refractivity contribution >= 4 is 18.2 Å². The molecular formula is C38H42N2O7. The monoisotopic (exact) mass is 638 g/mol. The molecule has 2 unspecified atom stereocenters. The Morgan fingerprint density at radius 3 is 1.53 bits per heavy atom. The maximum absolute atomic E-state index is 10.8. The zero-order valence-electron chi connectivity index (χ0n) is 26.7. The topological polar surface area (TPSA) is 125 Å². The minimum atomic E-state index is -0.695. The molecule has 2 heterocycles. The van der Waals surface area contributed by atoms with E-state index in [1.54, 1.807) is 12.1 Å². The number of carbonyl (C=O) groups is 3. The predicted molar refractivity (Wildman–Crippen MR) is 180 cm³/mol. The fraction of sp³-hybridized carbons (Fsp3) is 0.289. The van der Waals surface area contributed by atoms with Gasteiger partial charge in [-0.3, -0.25) is 19.3 Å². The van der Waals surface area contributed by atoms with Gasteiger partial charge in [-0.2, -0.15) is 0 Å². The van der Waals surface area contributed by atoms with Gasteiger partial charge < -0.3 is 25.0 Å². The second-order valence-electron chi connectivity index (χ2n) is 11.6. The third kappa shape index (κ3) is 11.1. The number of rotatable bonds is 11. The zero-order valence-corrected chi connectivity index (χ0v) is 26.7. The van der Waals surface area contributed by atoms with Crippen molar-refractivity contribution in [3.8, 4) is 11.5 Å². The summed E-state index contributed by atoms with van der Waals surface area (Å²) in [6, 6.07) is 35.3. The largest absolute Gasteiger partial charge is 0.486 e. The Balaban J connectivity index is 0.000000182. The predicted octanol–water partition coefficient (Wildman–Crippen LogP) is 6.27. The summed E-state index contributed by atoms with van der Waals surface area (Å²) < 4.78 is 11.7. The zero-order chi connectivity index (χ0) is 33.6. The minimum absolute atomic E-state index is 0.00159. The summed E-state index contributed by atoms with van der Waals surface area (Å²) in [5.41, 5.74) is 4.11. The Bertz CT molecular complexity index is 1540. The second-order valence-corrected chi connectivity index (χ2v) is 11.6. The number of hydrogen-bond acceptors (Lipinski definition) is 7. The summed E-state index contributed by atoms with van der Waals surface area (Å²) in [5, 5.41) is 19.9. The molecule has 246 valence electrons. The SMILES string of the molecule is CC(Oc1ccc(C=O)cc1)c1ccccc1.CC(Oc1ccc(CN2CC(C(=O)O)C2)cc1)c1ccccc1.O=C(O)C1CNC1. The van der Waals surface area contributed by atoms with E-state index in [4.69, 9.17) is 19.7 Å². The van der Waals surface area contributed by atoms with Gasteiger partial charge in [-0.05, 0) is 66.9 Å². The molecule has 2 atom stereocenters. The maximum atomic E-state index is 10.8. The van der Waals surface area contributed by atoms with Crippen molar-refractivity contribution in [2.24, 2.45) is 11.8 Å². The molecule has 0 radical (unpaired) electrons. The van der Waals surface area contributed by atoms with Crippen LogP contribution in [0.1, 0.15) is 53.1 Å². The van der Waals surface area contributed by atoms with E-state index in [9.17, 15) is 14.4 Å². The fourth-order valence-corrected chi connectivity index (χ4v) is 4.87. The van der Waals surface area contributed by atoms with Crippen LogP contribution in [0.15, 0.2) is 109 Å². The number of hydrogen-bond donors (Lipinski definition) is 3. The summed E-state index contributed by atoms with van der Waals surface area (Å²) in [6.45, 7) is 7.40. The van der Waals surface area contributed by atoms with Gasteiger partial charge in [-0.25, -0.2) is 0 Å². The molecule has 0 spiro atoms. The van der Waals surface area contributed by atoms with Gasteiger partial charge in [0.25, 0.3) is 0 Å². The Labute approximate surface area is 275 Å². The van der Waals surface area contributed by atoms with Gasteiger partial charge in [0.05, 0.1) is 11.8 Å². The maximum Gasteiger partial charge on any atom is 0.309 e. The average molecular weight is 639 g/mol. The first kappa shape index (κ1) is 34.9. The lowest BCUT2D eigenvalue weighted by molar-refractivity contribution is -0.148. The third-order valence-electron chi connectivity index (χ3n) is 7.95. The summed E-state index contributed by atoms with van der Waals surface area (Å²) >= 11 is 0. The summed E-state index contributed by atoms with van der Waals surface area (Å²) in [4.78, 5) is 33.4. The van der Waals surface area contributed by atoms with Crippen molar-refractivity contribution in [2.45, 2.75) is 32.6 Å². The number of carboxylic acids is 2. The van der Waals surface area contributed by atoms with Gasteiger partial charge in [-0.15, -0.1) is 0 Å². The smallest absolute Gasteiger partial charge is 0.309 e. The van der Waals surface area contributed by atoms with Crippen LogP contribution in [0, 0.1) is 11.8 Å². The summed E-state index contributed by atoms with van der Waals surface area (Å²) in [7, 11) is 0. The van der Waals surface area contributed by atoms with Crippen LogP contribution in [-0.2, 0) is 16.1 Å². The Hall–Kier alpha value is -4.99. The number of aliphatic carboxylic acids is 2. The van der Waals surface area contributed by atoms with Crippen molar-refractivity contribution < 1.29 is 34.1 Å². The number of carbonyl (C=O) groups excluding carboxylic acids is 1. The van der Waals surface area contributed by atoms with Crippen molar-refractivity contribution in [3.05, 3.63) is 131 Å². The molecule has 2 aliphatic rings. The van der Waals surface area contributed by atoms with Crippen LogP contribution in [0.5, 0.6) is 11.5 Å². The standard InChI is InChI=1S/C19H21NO3.C15H14O2.C4H7NO2/c1-14(16-5-3-2-4-6-16)23-18-9-7-15(8-10-18)11-20-12-17(13-20)19(21)22;1-12(14-5-3-2-4-6-14)17-15-9-7-13(11-16)8-10-15;6-4(7)3-1-5-2-3/h2-10,14,17H,11-13H2,1H3,(H,21,22);2-12H,1H3;3,5H,1-2H2,(H,6,7). The molecule has 0 saturated carbocycles. The van der Waals surface area contributed by atoms with E-state index >= 15 is 0 Å². The highest BCUT2D eigenvalue weighted by Crippen LogP contribution is 2.24. The number of likely N-dealkylation sites (tertiary alicyclic amines) is 1.